The van der Waals surface area contributed by atoms with Crippen molar-refractivity contribution >= 4 is 34.1 Å². The molecule has 2 heteroatoms. The molecule has 2 nitrogen and oxygen atoms in total. The van der Waals surface area contributed by atoms with Gasteiger partial charge in [-0.05, 0) is 148 Å². The maximum absolute atomic E-state index is 2.46. The molecule has 0 N–H and O–H groups in total. The molecular weight excluding hydrogens is 725 g/mol. The first kappa shape index (κ1) is 36.4. The molecule has 8 aromatic rings. The molecule has 2 saturated carbocycles. The zero-order chi connectivity index (χ0) is 40.3. The molecule has 0 aliphatic heterocycles. The maximum atomic E-state index is 2.46. The second-order valence-corrected chi connectivity index (χ2v) is 17.8. The van der Waals surface area contributed by atoms with Gasteiger partial charge < -0.3 is 9.80 Å². The summed E-state index contributed by atoms with van der Waals surface area (Å²) in [5, 5.41) is 0. The fraction of sp³-hybridized carbons (Fsp3) is 0.172. The third-order valence-electron chi connectivity index (χ3n) is 14.2. The summed E-state index contributed by atoms with van der Waals surface area (Å²) in [5.41, 5.74) is 17.8. The van der Waals surface area contributed by atoms with Gasteiger partial charge in [-0.2, -0.15) is 0 Å². The molecule has 0 aromatic heterocycles. The molecule has 292 valence electrons. The molecule has 11 rings (SSSR count). The summed E-state index contributed by atoms with van der Waals surface area (Å²) in [4.78, 5) is 4.82. The molecule has 2 bridgehead atoms. The van der Waals surface area contributed by atoms with Crippen molar-refractivity contribution in [2.45, 2.75) is 50.4 Å². The third-order valence-corrected chi connectivity index (χ3v) is 14.2. The molecule has 0 saturated heterocycles. The minimum absolute atomic E-state index is 0.00169. The van der Waals surface area contributed by atoms with Crippen LogP contribution in [0.2, 0.25) is 0 Å². The second kappa shape index (κ2) is 14.6. The van der Waals surface area contributed by atoms with Crippen LogP contribution in [0, 0.1) is 11.8 Å². The van der Waals surface area contributed by atoms with Gasteiger partial charge in [0.05, 0.1) is 0 Å². The Bertz CT molecular complexity index is 2740. The van der Waals surface area contributed by atoms with Crippen molar-refractivity contribution < 1.29 is 0 Å². The SMILES string of the molecule is CC1(C)c2cc(N(c3ccccc3)c3ccc(C4(c5ccc(N(c6ccccc6)c6ccccc6)cc5)CC5CCC4C5)cc3)ccc2-c2cccc(-c3ccccc3)c21. The minimum Gasteiger partial charge on any atom is -0.311 e. The van der Waals surface area contributed by atoms with E-state index in [1.165, 1.54) is 87.3 Å². The van der Waals surface area contributed by atoms with Gasteiger partial charge in [0.1, 0.15) is 0 Å². The number of fused-ring (bicyclic) bond motifs is 5. The molecular formula is C58H50N2. The molecule has 0 amide bonds. The van der Waals surface area contributed by atoms with E-state index in [2.05, 4.69) is 230 Å². The summed E-state index contributed by atoms with van der Waals surface area (Å²) in [6.45, 7) is 4.80. The van der Waals surface area contributed by atoms with E-state index in [9.17, 15) is 0 Å². The molecule has 0 radical (unpaired) electrons. The molecule has 3 unspecified atom stereocenters. The van der Waals surface area contributed by atoms with Crippen molar-refractivity contribution in [3.8, 4) is 22.3 Å². The van der Waals surface area contributed by atoms with E-state index in [4.69, 9.17) is 0 Å². The summed E-state index contributed by atoms with van der Waals surface area (Å²) in [7, 11) is 0. The van der Waals surface area contributed by atoms with Crippen LogP contribution in [0.4, 0.5) is 34.1 Å². The smallest absolute Gasteiger partial charge is 0.0465 e. The van der Waals surface area contributed by atoms with Crippen LogP contribution in [-0.2, 0) is 10.8 Å². The quantitative estimate of drug-likeness (QED) is 0.144. The van der Waals surface area contributed by atoms with Crippen LogP contribution < -0.4 is 9.80 Å². The van der Waals surface area contributed by atoms with Gasteiger partial charge in [-0.15, -0.1) is 0 Å². The van der Waals surface area contributed by atoms with E-state index in [1.54, 1.807) is 0 Å². The van der Waals surface area contributed by atoms with Crippen LogP contribution in [0.1, 0.15) is 61.8 Å². The highest BCUT2D eigenvalue weighted by molar-refractivity contribution is 5.90. The van der Waals surface area contributed by atoms with Crippen molar-refractivity contribution in [3.05, 3.63) is 229 Å². The van der Waals surface area contributed by atoms with Crippen LogP contribution in [0.25, 0.3) is 22.3 Å². The highest BCUT2D eigenvalue weighted by atomic mass is 15.1. The zero-order valence-corrected chi connectivity index (χ0v) is 34.5. The molecule has 0 spiro atoms. The average Bonchev–Trinajstić information content (AvgIpc) is 4.00. The summed E-state index contributed by atoms with van der Waals surface area (Å²) in [6.07, 6.45) is 5.18. The molecule has 60 heavy (non-hydrogen) atoms. The van der Waals surface area contributed by atoms with Crippen molar-refractivity contribution in [2.75, 3.05) is 9.80 Å². The van der Waals surface area contributed by atoms with Crippen molar-refractivity contribution in [1.82, 2.24) is 0 Å². The van der Waals surface area contributed by atoms with E-state index in [-0.39, 0.29) is 10.8 Å². The summed E-state index contributed by atoms with van der Waals surface area (Å²) in [5.74, 6) is 1.42. The van der Waals surface area contributed by atoms with Gasteiger partial charge in [0.15, 0.2) is 0 Å². The average molecular weight is 775 g/mol. The molecule has 8 aromatic carbocycles. The van der Waals surface area contributed by atoms with Crippen molar-refractivity contribution in [2.24, 2.45) is 11.8 Å². The Morgan fingerprint density at radius 3 is 1.38 bits per heavy atom. The lowest BCUT2D eigenvalue weighted by Crippen LogP contribution is -2.34. The number of anilines is 6. The van der Waals surface area contributed by atoms with Crippen LogP contribution in [0.15, 0.2) is 206 Å². The van der Waals surface area contributed by atoms with Crippen LogP contribution in [0.3, 0.4) is 0 Å². The lowest BCUT2D eigenvalue weighted by Gasteiger charge is -2.40. The van der Waals surface area contributed by atoms with E-state index < -0.39 is 0 Å². The van der Waals surface area contributed by atoms with Crippen LogP contribution in [-0.4, -0.2) is 0 Å². The Hall–Kier alpha value is -6.64. The van der Waals surface area contributed by atoms with E-state index in [0.29, 0.717) is 5.92 Å². The zero-order valence-electron chi connectivity index (χ0n) is 34.5. The number of hydrogen-bond donors (Lipinski definition) is 0. The summed E-state index contributed by atoms with van der Waals surface area (Å²) >= 11 is 0. The summed E-state index contributed by atoms with van der Waals surface area (Å²) in [6, 6.07) is 76.5. The standard InChI is InChI=1S/C58H50N2/c1-57(2)55-39-51(36-37-53(55)54-25-15-24-52(56(54)57)42-16-7-3-8-17-42)60(48-22-13-6-14-23-48)50-34-30-44(31-35-50)58(40-41-26-27-45(58)38-41)43-28-32-49(33-29-43)59(46-18-9-4-10-19-46)47-20-11-5-12-21-47/h3-25,28-37,39,41,45H,26-27,38,40H2,1-2H3. The number of para-hydroxylation sites is 3. The van der Waals surface area contributed by atoms with E-state index >= 15 is 0 Å². The third kappa shape index (κ3) is 5.92. The normalized spacial score (nSPS) is 19.4. The lowest BCUT2D eigenvalue weighted by molar-refractivity contribution is 0.320. The predicted octanol–water partition coefficient (Wildman–Crippen LogP) is 15.7. The van der Waals surface area contributed by atoms with E-state index in [1.807, 2.05) is 0 Å². The Kier molecular flexibility index (Phi) is 8.85. The van der Waals surface area contributed by atoms with Gasteiger partial charge in [0.2, 0.25) is 0 Å². The fourth-order valence-corrected chi connectivity index (χ4v) is 11.5. The van der Waals surface area contributed by atoms with Crippen LogP contribution in [0.5, 0.6) is 0 Å². The minimum atomic E-state index is -0.164. The number of nitrogens with zero attached hydrogens (tertiary/aromatic N) is 2. The molecule has 3 aliphatic rings. The fourth-order valence-electron chi connectivity index (χ4n) is 11.5. The molecule has 3 atom stereocenters. The Balaban J connectivity index is 0.970. The first-order valence-corrected chi connectivity index (χ1v) is 21.8. The molecule has 2 fully saturated rings. The van der Waals surface area contributed by atoms with Crippen LogP contribution >= 0.6 is 0 Å². The van der Waals surface area contributed by atoms with Gasteiger partial charge in [-0.1, -0.05) is 154 Å². The van der Waals surface area contributed by atoms with Gasteiger partial charge in [-0.3, -0.25) is 0 Å². The topological polar surface area (TPSA) is 6.48 Å². The number of rotatable bonds is 9. The Morgan fingerprint density at radius 2 is 0.883 bits per heavy atom. The largest absolute Gasteiger partial charge is 0.311 e. The molecule has 0 heterocycles. The first-order valence-electron chi connectivity index (χ1n) is 21.8. The van der Waals surface area contributed by atoms with Gasteiger partial charge >= 0.3 is 0 Å². The lowest BCUT2D eigenvalue weighted by atomic mass is 9.64. The summed E-state index contributed by atoms with van der Waals surface area (Å²) < 4.78 is 0. The number of hydrogen-bond acceptors (Lipinski definition) is 2. The number of benzene rings is 8. The van der Waals surface area contributed by atoms with Gasteiger partial charge in [0, 0.05) is 45.0 Å². The second-order valence-electron chi connectivity index (χ2n) is 17.8. The van der Waals surface area contributed by atoms with Crippen molar-refractivity contribution in [1.29, 1.82) is 0 Å². The molecule has 3 aliphatic carbocycles. The van der Waals surface area contributed by atoms with E-state index in [0.717, 1.165) is 23.0 Å². The highest BCUT2D eigenvalue weighted by Gasteiger charge is 2.52. The van der Waals surface area contributed by atoms with Crippen molar-refractivity contribution in [3.63, 3.8) is 0 Å². The highest BCUT2D eigenvalue weighted by Crippen LogP contribution is 2.61. The Labute approximate surface area is 355 Å². The first-order chi connectivity index (χ1) is 29.5. The maximum Gasteiger partial charge on any atom is 0.0465 e. The Morgan fingerprint density at radius 1 is 0.417 bits per heavy atom. The van der Waals surface area contributed by atoms with Gasteiger partial charge in [0.25, 0.3) is 0 Å². The monoisotopic (exact) mass is 774 g/mol. The predicted molar refractivity (Wildman–Crippen MR) is 251 cm³/mol. The van der Waals surface area contributed by atoms with Gasteiger partial charge in [-0.25, -0.2) is 0 Å².